The van der Waals surface area contributed by atoms with Crippen LogP contribution in [-0.4, -0.2) is 22.2 Å². The van der Waals surface area contributed by atoms with Gasteiger partial charge in [0.1, 0.15) is 0 Å². The SMILES string of the molecule is O.O=CO.OCc1ccccc1. The number of aliphatic hydroxyl groups excluding tert-OH is 1. The Morgan fingerprint density at radius 2 is 1.67 bits per heavy atom. The lowest BCUT2D eigenvalue weighted by molar-refractivity contribution is -0.122. The van der Waals surface area contributed by atoms with Crippen molar-refractivity contribution in [2.45, 2.75) is 6.61 Å². The van der Waals surface area contributed by atoms with Crippen molar-refractivity contribution < 1.29 is 20.5 Å². The smallest absolute Gasteiger partial charge is 0.290 e. The summed E-state index contributed by atoms with van der Waals surface area (Å²) in [5.74, 6) is 0. The molecular weight excluding hydrogens is 160 g/mol. The molecule has 0 fully saturated rings. The average Bonchev–Trinajstić information content (AvgIpc) is 2.08. The first-order chi connectivity index (χ1) is 5.35. The molecule has 4 heteroatoms. The third-order valence-electron chi connectivity index (χ3n) is 1.03. The van der Waals surface area contributed by atoms with Crippen molar-refractivity contribution in [3.63, 3.8) is 0 Å². The number of hydrogen-bond acceptors (Lipinski definition) is 2. The molecule has 0 saturated heterocycles. The van der Waals surface area contributed by atoms with E-state index in [2.05, 4.69) is 0 Å². The van der Waals surface area contributed by atoms with E-state index in [1.165, 1.54) is 0 Å². The van der Waals surface area contributed by atoms with Crippen molar-refractivity contribution in [1.29, 1.82) is 0 Å². The average molecular weight is 172 g/mol. The number of hydrogen-bond donors (Lipinski definition) is 2. The monoisotopic (exact) mass is 172 g/mol. The Labute approximate surface area is 70.4 Å². The number of rotatable bonds is 1. The second-order valence-electron chi connectivity index (χ2n) is 1.75. The van der Waals surface area contributed by atoms with Crippen LogP contribution >= 0.6 is 0 Å². The number of carboxylic acid groups (broad SMARTS) is 1. The summed E-state index contributed by atoms with van der Waals surface area (Å²) in [6, 6.07) is 9.52. The second-order valence-corrected chi connectivity index (χ2v) is 1.75. The van der Waals surface area contributed by atoms with Crippen LogP contribution in [0.15, 0.2) is 30.3 Å². The van der Waals surface area contributed by atoms with E-state index in [1.807, 2.05) is 30.3 Å². The van der Waals surface area contributed by atoms with Crippen molar-refractivity contribution in [1.82, 2.24) is 0 Å². The van der Waals surface area contributed by atoms with Gasteiger partial charge in [-0.15, -0.1) is 0 Å². The van der Waals surface area contributed by atoms with Crippen molar-refractivity contribution in [3.05, 3.63) is 35.9 Å². The molecule has 68 valence electrons. The third kappa shape index (κ3) is 6.73. The van der Waals surface area contributed by atoms with E-state index < -0.39 is 0 Å². The molecule has 0 saturated carbocycles. The van der Waals surface area contributed by atoms with Gasteiger partial charge in [-0.2, -0.15) is 0 Å². The van der Waals surface area contributed by atoms with E-state index in [-0.39, 0.29) is 18.6 Å². The van der Waals surface area contributed by atoms with Gasteiger partial charge in [0.15, 0.2) is 0 Å². The summed E-state index contributed by atoms with van der Waals surface area (Å²) in [7, 11) is 0. The van der Waals surface area contributed by atoms with Crippen molar-refractivity contribution in [2.75, 3.05) is 0 Å². The number of aliphatic hydroxyl groups is 1. The zero-order chi connectivity index (χ0) is 8.53. The molecule has 4 nitrogen and oxygen atoms in total. The van der Waals surface area contributed by atoms with Crippen molar-refractivity contribution in [3.8, 4) is 0 Å². The molecule has 0 atom stereocenters. The van der Waals surface area contributed by atoms with Crippen LogP contribution in [0.25, 0.3) is 0 Å². The van der Waals surface area contributed by atoms with E-state index in [0.29, 0.717) is 0 Å². The minimum absolute atomic E-state index is 0. The molecule has 0 unspecified atom stereocenters. The minimum atomic E-state index is -0.250. The van der Waals surface area contributed by atoms with Crippen LogP contribution in [-0.2, 0) is 11.4 Å². The molecule has 4 N–H and O–H groups in total. The van der Waals surface area contributed by atoms with Gasteiger partial charge in [-0.1, -0.05) is 30.3 Å². The van der Waals surface area contributed by atoms with Crippen molar-refractivity contribution in [2.24, 2.45) is 0 Å². The largest absolute Gasteiger partial charge is 0.483 e. The van der Waals surface area contributed by atoms with Gasteiger partial charge in [-0.3, -0.25) is 4.79 Å². The summed E-state index contributed by atoms with van der Waals surface area (Å²) >= 11 is 0. The Balaban J connectivity index is 0. The van der Waals surface area contributed by atoms with Gasteiger partial charge in [-0.25, -0.2) is 0 Å². The van der Waals surface area contributed by atoms with Crippen LogP contribution in [0.3, 0.4) is 0 Å². The first-order valence-corrected chi connectivity index (χ1v) is 3.07. The normalized spacial score (nSPS) is 7.08. The fraction of sp³-hybridized carbons (Fsp3) is 0.125. The van der Waals surface area contributed by atoms with E-state index in [1.54, 1.807) is 0 Å². The van der Waals surface area contributed by atoms with Gasteiger partial charge in [0.05, 0.1) is 6.61 Å². The molecule has 0 aliphatic carbocycles. The predicted octanol–water partition coefficient (Wildman–Crippen LogP) is 0.0550. The highest BCUT2D eigenvalue weighted by Crippen LogP contribution is 1.95. The summed E-state index contributed by atoms with van der Waals surface area (Å²) in [6.45, 7) is -0.110. The maximum absolute atomic E-state index is 8.54. The molecule has 1 aromatic rings. The van der Waals surface area contributed by atoms with Crippen LogP contribution in [0.5, 0.6) is 0 Å². The summed E-state index contributed by atoms with van der Waals surface area (Å²) in [4.78, 5) is 8.36. The van der Waals surface area contributed by atoms with Gasteiger partial charge in [0.2, 0.25) is 0 Å². The third-order valence-corrected chi connectivity index (χ3v) is 1.03. The maximum Gasteiger partial charge on any atom is 0.290 e. The number of carbonyl (C=O) groups is 1. The van der Waals surface area contributed by atoms with Gasteiger partial charge in [0.25, 0.3) is 6.47 Å². The highest BCUT2D eigenvalue weighted by molar-refractivity contribution is 5.32. The zero-order valence-corrected chi connectivity index (χ0v) is 6.47. The lowest BCUT2D eigenvalue weighted by Gasteiger charge is -1.89. The lowest BCUT2D eigenvalue weighted by Crippen LogP contribution is -1.77. The minimum Gasteiger partial charge on any atom is -0.483 e. The summed E-state index contributed by atoms with van der Waals surface area (Å²) < 4.78 is 0. The molecule has 0 spiro atoms. The van der Waals surface area contributed by atoms with Crippen LogP contribution in [0, 0.1) is 0 Å². The Morgan fingerprint density at radius 3 is 1.92 bits per heavy atom. The first-order valence-electron chi connectivity index (χ1n) is 3.07. The molecule has 0 aromatic heterocycles. The quantitative estimate of drug-likeness (QED) is 0.587. The van der Waals surface area contributed by atoms with E-state index in [9.17, 15) is 0 Å². The predicted molar refractivity (Wildman–Crippen MR) is 44.7 cm³/mol. The topological polar surface area (TPSA) is 89.0 Å². The molecule has 12 heavy (non-hydrogen) atoms. The molecule has 0 heterocycles. The van der Waals surface area contributed by atoms with Crippen LogP contribution < -0.4 is 0 Å². The highest BCUT2D eigenvalue weighted by atomic mass is 16.3. The zero-order valence-electron chi connectivity index (χ0n) is 6.47. The molecular formula is C8H12O4. The lowest BCUT2D eigenvalue weighted by atomic mass is 10.2. The van der Waals surface area contributed by atoms with E-state index in [4.69, 9.17) is 15.0 Å². The molecule has 0 aliphatic heterocycles. The van der Waals surface area contributed by atoms with Crippen molar-refractivity contribution >= 4 is 6.47 Å². The van der Waals surface area contributed by atoms with Gasteiger partial charge >= 0.3 is 0 Å². The summed E-state index contributed by atoms with van der Waals surface area (Å²) in [5, 5.41) is 15.4. The Kier molecular flexibility index (Phi) is 10.6. The van der Waals surface area contributed by atoms with E-state index in [0.717, 1.165) is 5.56 Å². The maximum atomic E-state index is 8.54. The van der Waals surface area contributed by atoms with Gasteiger partial charge in [-0.05, 0) is 5.56 Å². The molecule has 0 bridgehead atoms. The number of benzene rings is 1. The standard InChI is InChI=1S/C7H8O.CH2O2.H2O/c8-6-7-4-2-1-3-5-7;2-1-3;/h1-5,8H,6H2;1H,(H,2,3);1H2. The van der Waals surface area contributed by atoms with Crippen LogP contribution in [0.4, 0.5) is 0 Å². The molecule has 1 rings (SSSR count). The highest BCUT2D eigenvalue weighted by Gasteiger charge is 1.81. The molecule has 0 radical (unpaired) electrons. The second kappa shape index (κ2) is 9.61. The van der Waals surface area contributed by atoms with Gasteiger partial charge < -0.3 is 15.7 Å². The molecule has 1 aromatic carbocycles. The summed E-state index contributed by atoms with van der Waals surface area (Å²) in [6.07, 6.45) is 0. The van der Waals surface area contributed by atoms with Crippen LogP contribution in [0.2, 0.25) is 0 Å². The Bertz CT molecular complexity index is 186. The van der Waals surface area contributed by atoms with Crippen LogP contribution in [0.1, 0.15) is 5.56 Å². The summed E-state index contributed by atoms with van der Waals surface area (Å²) in [5.41, 5.74) is 0.965. The fourth-order valence-electron chi connectivity index (χ4n) is 0.583. The molecule has 0 amide bonds. The molecule has 0 aliphatic rings. The van der Waals surface area contributed by atoms with Gasteiger partial charge in [0, 0.05) is 0 Å². The fourth-order valence-corrected chi connectivity index (χ4v) is 0.583. The Morgan fingerprint density at radius 1 is 1.25 bits per heavy atom. The van der Waals surface area contributed by atoms with E-state index >= 15 is 0 Å². The Hall–Kier alpha value is -1.39. The first kappa shape index (κ1) is 13.2.